The Kier molecular flexibility index (Phi) is 12.8. The van der Waals surface area contributed by atoms with Gasteiger partial charge in [-0.15, -0.1) is 0 Å². The summed E-state index contributed by atoms with van der Waals surface area (Å²) in [5.74, 6) is -0.210. The lowest BCUT2D eigenvalue weighted by molar-refractivity contribution is -0.138. The molecule has 0 aliphatic carbocycles. The van der Waals surface area contributed by atoms with E-state index in [9.17, 15) is 4.79 Å². The van der Waals surface area contributed by atoms with Crippen LogP contribution in [-0.2, 0) is 4.79 Å². The second-order valence-electron chi connectivity index (χ2n) is 6.74. The predicted molar refractivity (Wildman–Crippen MR) is 90.7 cm³/mol. The molecular weight excluding hydrogens is 262 g/mol. The largest absolute Gasteiger partial charge is 0.480 e. The number of hydrogen-bond acceptors (Lipinski definition) is 2. The highest BCUT2D eigenvalue weighted by Crippen LogP contribution is 2.18. The smallest absolute Gasteiger partial charge is 0.317 e. The van der Waals surface area contributed by atoms with Crippen molar-refractivity contribution in [3.63, 3.8) is 0 Å². The number of carboxylic acids is 1. The summed E-state index contributed by atoms with van der Waals surface area (Å²) in [4.78, 5) is 12.8. The minimum Gasteiger partial charge on any atom is -0.480 e. The van der Waals surface area contributed by atoms with E-state index in [1.54, 1.807) is 0 Å². The van der Waals surface area contributed by atoms with Gasteiger partial charge in [0.05, 0.1) is 6.54 Å². The minimum atomic E-state index is -0.727. The van der Waals surface area contributed by atoms with E-state index < -0.39 is 5.97 Å². The first-order valence-corrected chi connectivity index (χ1v) is 8.91. The number of rotatable bonds is 14. The van der Waals surface area contributed by atoms with Crippen molar-refractivity contribution in [2.75, 3.05) is 13.6 Å². The van der Waals surface area contributed by atoms with Crippen LogP contribution >= 0.6 is 0 Å². The predicted octanol–water partition coefficient (Wildman–Crippen LogP) is 4.95. The number of hydrogen-bond donors (Lipinski definition) is 1. The molecule has 0 bridgehead atoms. The topological polar surface area (TPSA) is 40.5 Å². The van der Waals surface area contributed by atoms with E-state index in [2.05, 4.69) is 20.8 Å². The first-order valence-electron chi connectivity index (χ1n) is 8.91. The summed E-state index contributed by atoms with van der Waals surface area (Å²) in [5.41, 5.74) is 0. The maximum absolute atomic E-state index is 10.8. The van der Waals surface area contributed by atoms with Crippen LogP contribution in [-0.4, -0.2) is 35.6 Å². The number of likely N-dealkylation sites (N-methyl/N-ethyl adjacent to an activating group) is 1. The number of nitrogens with zero attached hydrogens (tertiary/aromatic N) is 1. The summed E-state index contributed by atoms with van der Waals surface area (Å²) in [6, 6.07) is 0.394. The number of aliphatic carboxylic acids is 1. The zero-order valence-corrected chi connectivity index (χ0v) is 14.7. The highest BCUT2D eigenvalue weighted by atomic mass is 16.4. The van der Waals surface area contributed by atoms with Crippen LogP contribution in [0.5, 0.6) is 0 Å². The average molecular weight is 299 g/mol. The molecule has 0 aromatic heterocycles. The molecule has 0 amide bonds. The molecule has 0 aromatic carbocycles. The summed E-state index contributed by atoms with van der Waals surface area (Å²) in [7, 11) is 1.94. The van der Waals surface area contributed by atoms with Crippen LogP contribution in [0.4, 0.5) is 0 Å². The van der Waals surface area contributed by atoms with Crippen molar-refractivity contribution in [3.05, 3.63) is 0 Å². The third-order valence-electron chi connectivity index (χ3n) is 4.32. The van der Waals surface area contributed by atoms with Gasteiger partial charge in [-0.1, -0.05) is 78.6 Å². The molecule has 0 aliphatic rings. The molecule has 1 N–H and O–H groups in total. The van der Waals surface area contributed by atoms with E-state index in [1.165, 1.54) is 57.8 Å². The Morgan fingerprint density at radius 1 is 0.952 bits per heavy atom. The van der Waals surface area contributed by atoms with E-state index in [0.717, 1.165) is 6.42 Å². The standard InChI is InChI=1S/C18H37NO2/c1-5-6-7-8-9-10-11-12-13-14-17(16(2)3)19(4)15-18(20)21/h16-17H,5-15H2,1-4H3,(H,20,21). The van der Waals surface area contributed by atoms with Crippen LogP contribution in [0.2, 0.25) is 0 Å². The van der Waals surface area contributed by atoms with Crippen molar-refractivity contribution in [2.45, 2.75) is 91.0 Å². The molecule has 0 saturated heterocycles. The van der Waals surface area contributed by atoms with Crippen LogP contribution in [0.1, 0.15) is 85.0 Å². The van der Waals surface area contributed by atoms with Crippen LogP contribution < -0.4 is 0 Å². The van der Waals surface area contributed by atoms with E-state index >= 15 is 0 Å². The second-order valence-corrected chi connectivity index (χ2v) is 6.74. The summed E-state index contributed by atoms with van der Waals surface area (Å²) >= 11 is 0. The Bertz CT molecular complexity index is 254. The lowest BCUT2D eigenvalue weighted by Gasteiger charge is -2.30. The molecule has 0 aromatic rings. The summed E-state index contributed by atoms with van der Waals surface area (Å²) in [5, 5.41) is 8.90. The zero-order valence-electron chi connectivity index (χ0n) is 14.7. The summed E-state index contributed by atoms with van der Waals surface area (Å²) in [6.07, 6.45) is 13.2. The maximum atomic E-state index is 10.8. The monoisotopic (exact) mass is 299 g/mol. The molecule has 21 heavy (non-hydrogen) atoms. The van der Waals surface area contributed by atoms with Crippen molar-refractivity contribution in [1.29, 1.82) is 0 Å². The van der Waals surface area contributed by atoms with Gasteiger partial charge in [0.1, 0.15) is 0 Å². The fourth-order valence-electron chi connectivity index (χ4n) is 3.06. The Morgan fingerprint density at radius 2 is 1.43 bits per heavy atom. The molecule has 1 atom stereocenters. The van der Waals surface area contributed by atoms with Gasteiger partial charge < -0.3 is 5.11 Å². The van der Waals surface area contributed by atoms with Gasteiger partial charge in [-0.05, 0) is 19.4 Å². The minimum absolute atomic E-state index is 0.153. The lowest BCUT2D eigenvalue weighted by atomic mass is 9.96. The zero-order chi connectivity index (χ0) is 16.1. The van der Waals surface area contributed by atoms with Gasteiger partial charge in [0, 0.05) is 6.04 Å². The SMILES string of the molecule is CCCCCCCCCCCC(C(C)C)N(C)CC(=O)O. The van der Waals surface area contributed by atoms with Gasteiger partial charge in [-0.25, -0.2) is 0 Å². The Balaban J connectivity index is 3.68. The molecule has 0 fully saturated rings. The Morgan fingerprint density at radius 3 is 1.86 bits per heavy atom. The normalized spacial score (nSPS) is 13.0. The van der Waals surface area contributed by atoms with Gasteiger partial charge in [0.25, 0.3) is 0 Å². The van der Waals surface area contributed by atoms with Crippen LogP contribution in [0.3, 0.4) is 0 Å². The van der Waals surface area contributed by atoms with Crippen LogP contribution in [0.25, 0.3) is 0 Å². The highest BCUT2D eigenvalue weighted by molar-refractivity contribution is 5.69. The molecule has 0 heterocycles. The highest BCUT2D eigenvalue weighted by Gasteiger charge is 2.19. The van der Waals surface area contributed by atoms with E-state index in [0.29, 0.717) is 12.0 Å². The second kappa shape index (κ2) is 13.1. The molecule has 0 spiro atoms. The van der Waals surface area contributed by atoms with Gasteiger partial charge in [-0.2, -0.15) is 0 Å². The van der Waals surface area contributed by atoms with Gasteiger partial charge in [-0.3, -0.25) is 9.69 Å². The van der Waals surface area contributed by atoms with E-state index in [-0.39, 0.29) is 6.54 Å². The molecule has 0 radical (unpaired) electrons. The van der Waals surface area contributed by atoms with Crippen molar-refractivity contribution in [3.8, 4) is 0 Å². The molecule has 1 unspecified atom stereocenters. The first-order chi connectivity index (χ1) is 9.99. The van der Waals surface area contributed by atoms with Crippen molar-refractivity contribution in [1.82, 2.24) is 4.90 Å². The molecular formula is C18H37NO2. The molecule has 0 aliphatic heterocycles. The van der Waals surface area contributed by atoms with Gasteiger partial charge >= 0.3 is 5.97 Å². The summed E-state index contributed by atoms with van der Waals surface area (Å²) < 4.78 is 0. The van der Waals surface area contributed by atoms with E-state index in [1.807, 2.05) is 11.9 Å². The average Bonchev–Trinajstić information content (AvgIpc) is 2.39. The quantitative estimate of drug-likeness (QED) is 0.461. The molecule has 0 saturated carbocycles. The third-order valence-corrected chi connectivity index (χ3v) is 4.32. The number of unbranched alkanes of at least 4 members (excludes halogenated alkanes) is 8. The van der Waals surface area contributed by atoms with Crippen LogP contribution in [0.15, 0.2) is 0 Å². The maximum Gasteiger partial charge on any atom is 0.317 e. The first kappa shape index (κ1) is 20.4. The number of carbonyl (C=O) groups is 1. The number of carboxylic acid groups (broad SMARTS) is 1. The fraction of sp³-hybridized carbons (Fsp3) is 0.944. The van der Waals surface area contributed by atoms with Crippen molar-refractivity contribution < 1.29 is 9.90 Å². The summed E-state index contributed by atoms with van der Waals surface area (Å²) in [6.45, 7) is 6.79. The molecule has 126 valence electrons. The van der Waals surface area contributed by atoms with Crippen LogP contribution in [0, 0.1) is 5.92 Å². The van der Waals surface area contributed by atoms with Gasteiger partial charge in [0.2, 0.25) is 0 Å². The molecule has 0 rings (SSSR count). The van der Waals surface area contributed by atoms with Crippen molar-refractivity contribution in [2.24, 2.45) is 5.92 Å². The molecule has 3 heteroatoms. The lowest BCUT2D eigenvalue weighted by Crippen LogP contribution is -2.39. The fourth-order valence-corrected chi connectivity index (χ4v) is 3.06. The van der Waals surface area contributed by atoms with Crippen molar-refractivity contribution >= 4 is 5.97 Å². The Hall–Kier alpha value is -0.570. The Labute approximate surface area is 132 Å². The van der Waals surface area contributed by atoms with Gasteiger partial charge in [0.15, 0.2) is 0 Å². The van der Waals surface area contributed by atoms with E-state index in [4.69, 9.17) is 5.11 Å². The third kappa shape index (κ3) is 11.7. The molecule has 3 nitrogen and oxygen atoms in total.